The van der Waals surface area contributed by atoms with Crippen LogP contribution in [0.15, 0.2) is 36.0 Å². The Bertz CT molecular complexity index is 745. The zero-order valence-corrected chi connectivity index (χ0v) is 14.2. The highest BCUT2D eigenvalue weighted by molar-refractivity contribution is 6.09. The van der Waals surface area contributed by atoms with E-state index in [9.17, 15) is 0 Å². The molecule has 0 aromatic carbocycles. The molecule has 1 aromatic rings. The minimum atomic E-state index is 0.462. The molecule has 23 heavy (non-hydrogen) atoms. The van der Waals surface area contributed by atoms with Gasteiger partial charge in [0.25, 0.3) is 0 Å². The van der Waals surface area contributed by atoms with Crippen molar-refractivity contribution in [1.29, 1.82) is 5.41 Å². The van der Waals surface area contributed by atoms with Crippen LogP contribution in [-0.2, 0) is 6.42 Å². The van der Waals surface area contributed by atoms with E-state index in [1.54, 1.807) is 6.08 Å². The summed E-state index contributed by atoms with van der Waals surface area (Å²) in [6.07, 6.45) is 9.70. The van der Waals surface area contributed by atoms with Crippen molar-refractivity contribution in [1.82, 2.24) is 14.9 Å². The van der Waals surface area contributed by atoms with Gasteiger partial charge in [-0.15, -0.1) is 0 Å². The molecule has 1 aliphatic carbocycles. The maximum absolute atomic E-state index is 7.70. The van der Waals surface area contributed by atoms with Crippen molar-refractivity contribution in [2.24, 2.45) is 0 Å². The van der Waals surface area contributed by atoms with E-state index < -0.39 is 0 Å². The summed E-state index contributed by atoms with van der Waals surface area (Å²) in [5.74, 6) is 0. The number of imidazole rings is 1. The summed E-state index contributed by atoms with van der Waals surface area (Å²) in [6.45, 7) is 15.4. The normalized spacial score (nSPS) is 15.6. The Morgan fingerprint density at radius 2 is 2.00 bits per heavy atom. The lowest BCUT2D eigenvalue weighted by Gasteiger charge is -2.17. The van der Waals surface area contributed by atoms with Crippen molar-refractivity contribution in [3.63, 3.8) is 0 Å². The van der Waals surface area contributed by atoms with E-state index in [2.05, 4.69) is 47.9 Å². The number of allylic oxidation sites excluding steroid dienone is 5. The van der Waals surface area contributed by atoms with Crippen LogP contribution in [-0.4, -0.2) is 40.2 Å². The Kier molecular flexibility index (Phi) is 5.88. The van der Waals surface area contributed by atoms with Gasteiger partial charge < -0.3 is 15.3 Å². The van der Waals surface area contributed by atoms with Crippen molar-refractivity contribution in [2.75, 3.05) is 19.6 Å². The van der Waals surface area contributed by atoms with Gasteiger partial charge in [0.2, 0.25) is 0 Å². The first-order valence-corrected chi connectivity index (χ1v) is 8.19. The van der Waals surface area contributed by atoms with E-state index >= 15 is 0 Å². The number of aromatic amines is 1. The van der Waals surface area contributed by atoms with Crippen LogP contribution in [0.4, 0.5) is 0 Å². The fourth-order valence-electron chi connectivity index (χ4n) is 2.67. The van der Waals surface area contributed by atoms with Crippen molar-refractivity contribution in [3.05, 3.63) is 52.5 Å². The third kappa shape index (κ3) is 4.63. The molecule has 0 unspecified atom stereocenters. The van der Waals surface area contributed by atoms with Gasteiger partial charge in [0.1, 0.15) is 5.48 Å². The van der Waals surface area contributed by atoms with Gasteiger partial charge in [-0.25, -0.2) is 4.98 Å². The van der Waals surface area contributed by atoms with Crippen LogP contribution in [0.1, 0.15) is 26.0 Å². The lowest BCUT2D eigenvalue weighted by molar-refractivity contribution is 0.299. The standard InChI is InChI=1S/C19H26N4/c1-5-23(6-2)11-7-8-18-19(22-15(4)21-18)13-16-9-10-17(20)14(3)12-16/h9-10,12-13,20,22H,3-8,11H2,1-2H3/b19-13-,20-17?. The maximum atomic E-state index is 7.70. The predicted octanol–water partition coefficient (Wildman–Crippen LogP) is 1.95. The molecule has 122 valence electrons. The molecule has 0 spiro atoms. The molecule has 2 rings (SSSR count). The lowest BCUT2D eigenvalue weighted by Crippen LogP contribution is -2.24. The molecule has 4 heteroatoms. The Morgan fingerprint density at radius 1 is 1.26 bits per heavy atom. The number of hydrogen-bond donors (Lipinski definition) is 2. The van der Waals surface area contributed by atoms with E-state index in [0.717, 1.165) is 54.7 Å². The molecule has 0 amide bonds. The molecular weight excluding hydrogens is 284 g/mol. The molecule has 0 bridgehead atoms. The monoisotopic (exact) mass is 310 g/mol. The summed E-state index contributed by atoms with van der Waals surface area (Å²) in [6, 6.07) is 0. The van der Waals surface area contributed by atoms with Crippen LogP contribution in [0.2, 0.25) is 0 Å². The molecule has 1 aromatic heterocycles. The summed E-state index contributed by atoms with van der Waals surface area (Å²) < 4.78 is 0. The van der Waals surface area contributed by atoms with Gasteiger partial charge in [-0.3, -0.25) is 0 Å². The quantitative estimate of drug-likeness (QED) is 0.809. The number of hydrogen-bond acceptors (Lipinski definition) is 3. The van der Waals surface area contributed by atoms with Gasteiger partial charge in [-0.1, -0.05) is 33.1 Å². The summed E-state index contributed by atoms with van der Waals surface area (Å²) in [5, 5.41) is 8.70. The van der Waals surface area contributed by atoms with Gasteiger partial charge >= 0.3 is 0 Å². The first-order chi connectivity index (χ1) is 11.0. The smallest absolute Gasteiger partial charge is 0.123 e. The van der Waals surface area contributed by atoms with Crippen molar-refractivity contribution < 1.29 is 0 Å². The van der Waals surface area contributed by atoms with Gasteiger partial charge in [-0.05, 0) is 61.9 Å². The minimum absolute atomic E-state index is 0.462. The SMILES string of the molecule is C=C1C=C(/C=c2\[nH]c(=C)nc2CCCN(CC)CC)C=CC1=N. The highest BCUT2D eigenvalue weighted by Gasteiger charge is 2.06. The summed E-state index contributed by atoms with van der Waals surface area (Å²) >= 11 is 0. The number of nitrogens with one attached hydrogen (secondary N) is 2. The van der Waals surface area contributed by atoms with Crippen molar-refractivity contribution in [2.45, 2.75) is 26.7 Å². The second-order valence-electron chi connectivity index (χ2n) is 5.74. The second kappa shape index (κ2) is 7.88. The van der Waals surface area contributed by atoms with Gasteiger partial charge in [0, 0.05) is 0 Å². The number of nitrogens with zero attached hydrogens (tertiary/aromatic N) is 2. The van der Waals surface area contributed by atoms with E-state index in [4.69, 9.17) is 5.41 Å². The third-order valence-electron chi connectivity index (χ3n) is 4.08. The Morgan fingerprint density at radius 3 is 2.65 bits per heavy atom. The molecule has 0 aliphatic heterocycles. The molecule has 0 saturated heterocycles. The molecule has 1 heterocycles. The second-order valence-corrected chi connectivity index (χ2v) is 5.74. The van der Waals surface area contributed by atoms with Crippen LogP contribution >= 0.6 is 0 Å². The highest BCUT2D eigenvalue weighted by Crippen LogP contribution is 2.12. The Hall–Kier alpha value is -2.20. The predicted molar refractivity (Wildman–Crippen MR) is 98.0 cm³/mol. The van der Waals surface area contributed by atoms with E-state index in [1.165, 1.54) is 0 Å². The van der Waals surface area contributed by atoms with Crippen LogP contribution in [0.25, 0.3) is 12.7 Å². The number of H-pyrrole nitrogens is 1. The molecular formula is C19H26N4. The first kappa shape index (κ1) is 17.2. The zero-order chi connectivity index (χ0) is 16.8. The fourth-order valence-corrected chi connectivity index (χ4v) is 2.67. The van der Waals surface area contributed by atoms with Gasteiger partial charge in [-0.2, -0.15) is 0 Å². The molecule has 1 aliphatic rings. The summed E-state index contributed by atoms with van der Waals surface area (Å²) in [7, 11) is 0. The van der Waals surface area contributed by atoms with Crippen LogP contribution in [0, 0.1) is 5.41 Å². The minimum Gasteiger partial charge on any atom is -0.339 e. The van der Waals surface area contributed by atoms with E-state index in [-0.39, 0.29) is 0 Å². The molecule has 0 fully saturated rings. The maximum Gasteiger partial charge on any atom is 0.123 e. The Balaban J connectivity index is 2.15. The van der Waals surface area contributed by atoms with E-state index in [1.807, 2.05) is 12.2 Å². The van der Waals surface area contributed by atoms with Gasteiger partial charge in [0.15, 0.2) is 0 Å². The first-order valence-electron chi connectivity index (χ1n) is 8.19. The average Bonchev–Trinajstić information content (AvgIpc) is 2.87. The summed E-state index contributed by atoms with van der Waals surface area (Å²) in [5.41, 5.74) is 3.98. The summed E-state index contributed by atoms with van der Waals surface area (Å²) in [4.78, 5) is 10.2. The zero-order valence-electron chi connectivity index (χ0n) is 14.2. The largest absolute Gasteiger partial charge is 0.339 e. The topological polar surface area (TPSA) is 55.8 Å². The van der Waals surface area contributed by atoms with Crippen molar-refractivity contribution in [3.8, 4) is 0 Å². The molecule has 0 radical (unpaired) electrons. The van der Waals surface area contributed by atoms with Gasteiger partial charge in [0.05, 0.1) is 16.8 Å². The van der Waals surface area contributed by atoms with Crippen LogP contribution in [0.5, 0.6) is 0 Å². The lowest BCUT2D eigenvalue weighted by atomic mass is 10.0. The average molecular weight is 310 g/mol. The van der Waals surface area contributed by atoms with Crippen LogP contribution in [0.3, 0.4) is 0 Å². The van der Waals surface area contributed by atoms with Crippen LogP contribution < -0.4 is 10.8 Å². The van der Waals surface area contributed by atoms with Crippen molar-refractivity contribution >= 4 is 18.4 Å². The number of aryl methyl sites for hydroxylation is 1. The molecule has 0 atom stereocenters. The Labute approximate surface area is 138 Å². The number of aromatic nitrogens is 2. The fraction of sp³-hybridized carbons (Fsp3) is 0.368. The molecule has 2 N–H and O–H groups in total. The molecule has 0 saturated carbocycles. The molecule has 4 nitrogen and oxygen atoms in total. The van der Waals surface area contributed by atoms with E-state index in [0.29, 0.717) is 11.2 Å². The third-order valence-corrected chi connectivity index (χ3v) is 4.08. The number of rotatable bonds is 7. The highest BCUT2D eigenvalue weighted by atomic mass is 15.1.